The fourth-order valence-corrected chi connectivity index (χ4v) is 2.88. The molecule has 2 aliphatic rings. The molecule has 1 aromatic carbocycles. The zero-order chi connectivity index (χ0) is 10.3. The molecule has 2 nitrogen and oxygen atoms in total. The van der Waals surface area contributed by atoms with Crippen LogP contribution in [-0.2, 0) is 6.54 Å². The molecule has 0 radical (unpaired) electrons. The number of hydrogen-bond acceptors (Lipinski definition) is 2. The van der Waals surface area contributed by atoms with Crippen molar-refractivity contribution in [2.45, 2.75) is 25.0 Å². The summed E-state index contributed by atoms with van der Waals surface area (Å²) in [4.78, 5) is 2.54. The van der Waals surface area contributed by atoms with Crippen LogP contribution in [0.1, 0.15) is 12.0 Å². The van der Waals surface area contributed by atoms with Gasteiger partial charge in [0.15, 0.2) is 0 Å². The maximum absolute atomic E-state index is 6.16. The molecular weight excluding hydrogens is 279 g/mol. The van der Waals surface area contributed by atoms with Gasteiger partial charge in [-0.25, -0.2) is 0 Å². The van der Waals surface area contributed by atoms with Gasteiger partial charge in [0.25, 0.3) is 0 Å². The first-order valence-corrected chi connectivity index (χ1v) is 5.91. The molecule has 0 amide bonds. The van der Waals surface area contributed by atoms with Gasteiger partial charge in [0.05, 0.1) is 0 Å². The molecule has 1 N–H and O–H groups in total. The van der Waals surface area contributed by atoms with E-state index in [2.05, 4.69) is 22.3 Å². The number of nitrogens with zero attached hydrogens (tertiary/aromatic N) is 1. The number of hydrogen-bond donors (Lipinski definition) is 1. The number of piperazine rings is 1. The first kappa shape index (κ1) is 15.1. The third kappa shape index (κ3) is 3.07. The largest absolute Gasteiger partial charge is 0.311 e. The SMILES string of the molecule is Cl.Cl.Clc1ccccc1CN1C[C@H]2C[C@@H]1CN2. The van der Waals surface area contributed by atoms with Crippen LogP contribution in [0.15, 0.2) is 24.3 Å². The van der Waals surface area contributed by atoms with E-state index in [1.807, 2.05) is 12.1 Å². The Balaban J connectivity index is 0.000000722. The summed E-state index contributed by atoms with van der Waals surface area (Å²) < 4.78 is 0. The van der Waals surface area contributed by atoms with Crippen molar-refractivity contribution < 1.29 is 0 Å². The summed E-state index contributed by atoms with van der Waals surface area (Å²) in [6.07, 6.45) is 1.31. The lowest BCUT2D eigenvalue weighted by Gasteiger charge is -2.27. The second kappa shape index (κ2) is 6.26. The number of fused-ring (bicyclic) bond motifs is 2. The van der Waals surface area contributed by atoms with Crippen molar-refractivity contribution in [2.75, 3.05) is 13.1 Å². The van der Waals surface area contributed by atoms with Crippen LogP contribution in [0.2, 0.25) is 5.02 Å². The van der Waals surface area contributed by atoms with Gasteiger partial charge in [0.2, 0.25) is 0 Å². The summed E-state index contributed by atoms with van der Waals surface area (Å²) in [6.45, 7) is 3.33. The van der Waals surface area contributed by atoms with E-state index in [9.17, 15) is 0 Å². The molecule has 2 heterocycles. The Bertz CT molecular complexity index is 373. The number of likely N-dealkylation sites (tertiary alicyclic amines) is 1. The topological polar surface area (TPSA) is 15.3 Å². The van der Waals surface area contributed by atoms with Crippen LogP contribution >= 0.6 is 36.4 Å². The highest BCUT2D eigenvalue weighted by molar-refractivity contribution is 6.31. The van der Waals surface area contributed by atoms with Gasteiger partial charge < -0.3 is 5.32 Å². The first-order chi connectivity index (χ1) is 7.33. The molecule has 17 heavy (non-hydrogen) atoms. The standard InChI is InChI=1S/C12H15ClN2.2ClH/c13-12-4-2-1-3-9(12)7-15-8-10-5-11(15)6-14-10;;/h1-4,10-11,14H,5-8H2;2*1H/t10-,11-;;/m1../s1. The third-order valence-corrected chi connectivity index (χ3v) is 3.87. The van der Waals surface area contributed by atoms with Gasteiger partial charge in [-0.1, -0.05) is 29.8 Å². The zero-order valence-electron chi connectivity index (χ0n) is 9.43. The van der Waals surface area contributed by atoms with Gasteiger partial charge in [-0.3, -0.25) is 4.90 Å². The Labute approximate surface area is 120 Å². The molecule has 0 spiro atoms. The normalized spacial score (nSPS) is 26.4. The molecule has 1 aromatic rings. The Morgan fingerprint density at radius 2 is 2.06 bits per heavy atom. The second-order valence-electron chi connectivity index (χ2n) is 4.52. The van der Waals surface area contributed by atoms with Crippen molar-refractivity contribution in [3.05, 3.63) is 34.9 Å². The zero-order valence-corrected chi connectivity index (χ0v) is 11.8. The van der Waals surface area contributed by atoms with Crippen LogP contribution in [-0.4, -0.2) is 30.1 Å². The van der Waals surface area contributed by atoms with E-state index in [0.29, 0.717) is 0 Å². The maximum Gasteiger partial charge on any atom is 0.0451 e. The van der Waals surface area contributed by atoms with E-state index in [4.69, 9.17) is 11.6 Å². The lowest BCUT2D eigenvalue weighted by molar-refractivity contribution is 0.218. The molecule has 96 valence electrons. The molecule has 0 saturated carbocycles. The highest BCUT2D eigenvalue weighted by Crippen LogP contribution is 2.26. The smallest absolute Gasteiger partial charge is 0.0451 e. The average Bonchev–Trinajstić information content (AvgIpc) is 2.83. The summed E-state index contributed by atoms with van der Waals surface area (Å²) >= 11 is 6.16. The fraction of sp³-hybridized carbons (Fsp3) is 0.500. The first-order valence-electron chi connectivity index (χ1n) is 5.54. The van der Waals surface area contributed by atoms with Crippen LogP contribution in [0, 0.1) is 0 Å². The van der Waals surface area contributed by atoms with Crippen molar-refractivity contribution in [1.29, 1.82) is 0 Å². The molecule has 2 atom stereocenters. The second-order valence-corrected chi connectivity index (χ2v) is 4.92. The van der Waals surface area contributed by atoms with Gasteiger partial charge in [-0.15, -0.1) is 24.8 Å². The van der Waals surface area contributed by atoms with Gasteiger partial charge in [-0.2, -0.15) is 0 Å². The van der Waals surface area contributed by atoms with Crippen molar-refractivity contribution in [3.63, 3.8) is 0 Å². The van der Waals surface area contributed by atoms with E-state index in [0.717, 1.165) is 30.2 Å². The maximum atomic E-state index is 6.16. The Kier molecular flexibility index (Phi) is 5.55. The number of rotatable bonds is 2. The molecule has 5 heteroatoms. The van der Waals surface area contributed by atoms with Gasteiger partial charge in [-0.05, 0) is 18.1 Å². The average molecular weight is 296 g/mol. The molecule has 3 rings (SSSR count). The van der Waals surface area contributed by atoms with Crippen LogP contribution in [0.25, 0.3) is 0 Å². The van der Waals surface area contributed by atoms with Gasteiger partial charge in [0, 0.05) is 36.7 Å². The summed E-state index contributed by atoms with van der Waals surface area (Å²) in [5.74, 6) is 0. The predicted octanol–water partition coefficient (Wildman–Crippen LogP) is 2.73. The van der Waals surface area contributed by atoms with Crippen LogP contribution in [0.3, 0.4) is 0 Å². The van der Waals surface area contributed by atoms with E-state index in [1.165, 1.54) is 18.5 Å². The molecule has 0 aromatic heterocycles. The van der Waals surface area contributed by atoms with E-state index in [-0.39, 0.29) is 24.8 Å². The van der Waals surface area contributed by atoms with E-state index < -0.39 is 0 Å². The monoisotopic (exact) mass is 294 g/mol. The molecule has 2 fully saturated rings. The van der Waals surface area contributed by atoms with Crippen molar-refractivity contribution in [3.8, 4) is 0 Å². The van der Waals surface area contributed by atoms with Gasteiger partial charge >= 0.3 is 0 Å². The Morgan fingerprint density at radius 3 is 2.65 bits per heavy atom. The third-order valence-electron chi connectivity index (χ3n) is 3.50. The Morgan fingerprint density at radius 1 is 1.29 bits per heavy atom. The minimum absolute atomic E-state index is 0. The number of halogens is 3. The fourth-order valence-electron chi connectivity index (χ4n) is 2.69. The quantitative estimate of drug-likeness (QED) is 0.902. The summed E-state index contributed by atoms with van der Waals surface area (Å²) in [5.41, 5.74) is 1.26. The summed E-state index contributed by atoms with van der Waals surface area (Å²) in [6, 6.07) is 9.60. The lowest BCUT2D eigenvalue weighted by atomic mass is 10.2. The minimum Gasteiger partial charge on any atom is -0.311 e. The highest BCUT2D eigenvalue weighted by atomic mass is 35.5. The van der Waals surface area contributed by atoms with Crippen molar-refractivity contribution in [1.82, 2.24) is 10.2 Å². The molecule has 2 aliphatic heterocycles. The van der Waals surface area contributed by atoms with Gasteiger partial charge in [0.1, 0.15) is 0 Å². The molecule has 0 unspecified atom stereocenters. The molecular formula is C12H17Cl3N2. The Hall–Kier alpha value is 0.01000. The van der Waals surface area contributed by atoms with E-state index >= 15 is 0 Å². The van der Waals surface area contributed by atoms with Crippen molar-refractivity contribution in [2.24, 2.45) is 0 Å². The summed E-state index contributed by atoms with van der Waals surface area (Å²) in [5, 5.41) is 4.41. The molecule has 2 bridgehead atoms. The van der Waals surface area contributed by atoms with E-state index in [1.54, 1.807) is 0 Å². The van der Waals surface area contributed by atoms with Crippen LogP contribution in [0.4, 0.5) is 0 Å². The molecule has 0 aliphatic carbocycles. The predicted molar refractivity (Wildman–Crippen MR) is 76.6 cm³/mol. The summed E-state index contributed by atoms with van der Waals surface area (Å²) in [7, 11) is 0. The molecule has 2 saturated heterocycles. The van der Waals surface area contributed by atoms with Crippen LogP contribution in [0.5, 0.6) is 0 Å². The lowest BCUT2D eigenvalue weighted by Crippen LogP contribution is -2.42. The highest BCUT2D eigenvalue weighted by Gasteiger charge is 2.37. The van der Waals surface area contributed by atoms with Crippen molar-refractivity contribution >= 4 is 36.4 Å². The number of nitrogens with one attached hydrogen (secondary N) is 1. The van der Waals surface area contributed by atoms with Crippen LogP contribution < -0.4 is 5.32 Å². The minimum atomic E-state index is 0. The number of benzene rings is 1.